The highest BCUT2D eigenvalue weighted by atomic mass is 35.5. The Morgan fingerprint density at radius 3 is 2.02 bits per heavy atom. The van der Waals surface area contributed by atoms with E-state index in [1.807, 2.05) is 47.1 Å². The average molecular weight is 880 g/mol. The van der Waals surface area contributed by atoms with E-state index in [4.69, 9.17) is 26.2 Å². The summed E-state index contributed by atoms with van der Waals surface area (Å²) in [5.74, 6) is -6.75. The van der Waals surface area contributed by atoms with Crippen molar-refractivity contribution in [3.05, 3.63) is 100 Å². The second-order valence-electron chi connectivity index (χ2n) is 15.4. The van der Waals surface area contributed by atoms with E-state index in [1.165, 1.54) is 33.1 Å². The Kier molecular flexibility index (Phi) is 15.2. The molecular formula is C39H44ClF6N3O7S2. The summed E-state index contributed by atoms with van der Waals surface area (Å²) in [4.78, 5) is 24.9. The third-order valence-electron chi connectivity index (χ3n) is 9.37. The van der Waals surface area contributed by atoms with Gasteiger partial charge in [0, 0.05) is 22.4 Å². The van der Waals surface area contributed by atoms with Crippen molar-refractivity contribution in [2.45, 2.75) is 73.2 Å². The van der Waals surface area contributed by atoms with Crippen molar-refractivity contribution in [2.24, 2.45) is 5.41 Å². The number of benzene rings is 3. The Labute approximate surface area is 342 Å². The fraction of sp³-hybridized carbons (Fsp3) is 0.410. The first-order valence-corrected chi connectivity index (χ1v) is 20.3. The number of rotatable bonds is 15. The fourth-order valence-corrected chi connectivity index (χ4v) is 9.31. The van der Waals surface area contributed by atoms with Crippen LogP contribution in [0, 0.1) is 22.9 Å². The van der Waals surface area contributed by atoms with Crippen molar-refractivity contribution >= 4 is 45.1 Å². The molecule has 0 aliphatic carbocycles. The summed E-state index contributed by atoms with van der Waals surface area (Å²) < 4.78 is 112. The smallest absolute Gasteiger partial charge is 0.430 e. The lowest BCUT2D eigenvalue weighted by atomic mass is 9.81. The van der Waals surface area contributed by atoms with Crippen LogP contribution in [0.15, 0.2) is 70.8 Å². The summed E-state index contributed by atoms with van der Waals surface area (Å²) in [6, 6.07) is 12.6. The molecule has 58 heavy (non-hydrogen) atoms. The molecule has 10 nitrogen and oxygen atoms in total. The number of hydrogen-bond donors (Lipinski definition) is 1. The highest BCUT2D eigenvalue weighted by Crippen LogP contribution is 2.40. The molecular weight excluding hydrogens is 836 g/mol. The number of methoxy groups -OCH3 is 1. The predicted octanol–water partition coefficient (Wildman–Crippen LogP) is 7.61. The van der Waals surface area contributed by atoms with Gasteiger partial charge < -0.3 is 24.2 Å². The molecule has 0 aliphatic rings. The third kappa shape index (κ3) is 11.5. The zero-order chi connectivity index (χ0) is 44.2. The van der Waals surface area contributed by atoms with Crippen LogP contribution in [0.2, 0.25) is 5.02 Å². The second kappa shape index (κ2) is 18.3. The van der Waals surface area contributed by atoms with Crippen molar-refractivity contribution < 1.29 is 63.8 Å². The number of sulfone groups is 1. The Bertz CT molecular complexity index is 2200. The van der Waals surface area contributed by atoms with Gasteiger partial charge in [0.05, 0.1) is 67.3 Å². The summed E-state index contributed by atoms with van der Waals surface area (Å²) in [6.45, 7) is 7.11. The van der Waals surface area contributed by atoms with Crippen LogP contribution in [-0.4, -0.2) is 85.7 Å². The number of carboxylic acids is 2. The number of halogens is 7. The monoisotopic (exact) mass is 879 g/mol. The molecule has 19 heteroatoms. The standard InChI is InChI=1S/C37H43ClF3N3O5S2.C2HF3O2/c1-36(2,23-11-16-28(38)31(18-23)49-8)32-21-42-35(43(32)25-14-12-24(39)13-15-25)50-22-27-29(40)19-26(20-30(27)41)51(47,48)33(37(3,4)34(45)46)10-9-17-44(5,6)7;3-2(4,5)1(6)7/h11-16,18-21,33H,9-10,17,22H2,1-8H3;(H,6,7). The number of carbonyl (C=O) groups excluding carboxylic acids is 1. The Balaban J connectivity index is 0.00000117. The number of thioether (sulfide) groups is 1. The van der Waals surface area contributed by atoms with Crippen LogP contribution in [0.1, 0.15) is 57.4 Å². The molecule has 0 saturated carbocycles. The molecule has 318 valence electrons. The number of quaternary nitrogens is 1. The normalized spacial score (nSPS) is 13.1. The van der Waals surface area contributed by atoms with Crippen LogP contribution in [0.3, 0.4) is 0 Å². The maximum atomic E-state index is 15.7. The summed E-state index contributed by atoms with van der Waals surface area (Å²) in [5, 5.41) is 18.1. The van der Waals surface area contributed by atoms with Crippen molar-refractivity contribution in [3.63, 3.8) is 0 Å². The minimum absolute atomic E-state index is 0.00841. The minimum atomic E-state index is -5.19. The maximum Gasteiger partial charge on any atom is 0.430 e. The van der Waals surface area contributed by atoms with Gasteiger partial charge in [-0.25, -0.2) is 26.6 Å². The van der Waals surface area contributed by atoms with Gasteiger partial charge in [-0.2, -0.15) is 13.2 Å². The molecule has 4 aromatic rings. The second-order valence-corrected chi connectivity index (χ2v) is 18.8. The quantitative estimate of drug-likeness (QED) is 0.0727. The SMILES string of the molecule is COc1cc(C(C)(C)c2cnc(SCc3c(F)cc(S(=O)(=O)C(CCC[N+](C)(C)C)C(C)(C)C(=O)O)cc3F)n2-c2ccc(F)cc2)ccc1Cl.O=C([O-])C(F)(F)F. The van der Waals surface area contributed by atoms with Crippen LogP contribution in [0.25, 0.3) is 5.69 Å². The number of carboxylic acid groups (broad SMARTS) is 2. The molecule has 1 atom stereocenters. The molecule has 1 unspecified atom stereocenters. The number of carbonyl (C=O) groups is 2. The van der Waals surface area contributed by atoms with Gasteiger partial charge in [0.1, 0.15) is 29.2 Å². The fourth-order valence-electron chi connectivity index (χ4n) is 5.89. The van der Waals surface area contributed by atoms with Crippen LogP contribution in [0.5, 0.6) is 5.75 Å². The molecule has 0 radical (unpaired) electrons. The highest BCUT2D eigenvalue weighted by Gasteiger charge is 2.46. The molecule has 1 heterocycles. The van der Waals surface area contributed by atoms with E-state index in [2.05, 4.69) is 4.98 Å². The molecule has 0 aliphatic heterocycles. The van der Waals surface area contributed by atoms with Gasteiger partial charge in [-0.15, -0.1) is 0 Å². The zero-order valence-corrected chi connectivity index (χ0v) is 35.3. The van der Waals surface area contributed by atoms with Crippen LogP contribution in [-0.2, 0) is 30.6 Å². The molecule has 0 spiro atoms. The zero-order valence-electron chi connectivity index (χ0n) is 32.9. The van der Waals surface area contributed by atoms with E-state index in [-0.39, 0.29) is 17.7 Å². The molecule has 1 N–H and O–H groups in total. The minimum Gasteiger partial charge on any atom is -0.542 e. The Hall–Kier alpha value is -4.26. The molecule has 0 bridgehead atoms. The Morgan fingerprint density at radius 1 is 0.983 bits per heavy atom. The van der Waals surface area contributed by atoms with Gasteiger partial charge >= 0.3 is 12.1 Å². The van der Waals surface area contributed by atoms with Crippen molar-refractivity contribution in [3.8, 4) is 11.4 Å². The third-order valence-corrected chi connectivity index (χ3v) is 13.1. The van der Waals surface area contributed by atoms with E-state index in [0.717, 1.165) is 29.5 Å². The largest absolute Gasteiger partial charge is 0.542 e. The first kappa shape index (κ1) is 48.1. The van der Waals surface area contributed by atoms with Gasteiger partial charge in [0.25, 0.3) is 0 Å². The van der Waals surface area contributed by atoms with E-state index in [9.17, 15) is 35.9 Å². The van der Waals surface area contributed by atoms with E-state index in [1.54, 1.807) is 29.0 Å². The van der Waals surface area contributed by atoms with Crippen LogP contribution < -0.4 is 9.84 Å². The lowest BCUT2D eigenvalue weighted by Crippen LogP contribution is -2.43. The molecule has 0 saturated heterocycles. The number of aromatic nitrogens is 2. The van der Waals surface area contributed by atoms with Crippen molar-refractivity contribution in [1.82, 2.24) is 9.55 Å². The molecule has 3 aromatic carbocycles. The lowest BCUT2D eigenvalue weighted by molar-refractivity contribution is -0.870. The van der Waals surface area contributed by atoms with Gasteiger partial charge in [-0.3, -0.25) is 9.36 Å². The number of imidazole rings is 1. The first-order chi connectivity index (χ1) is 26.5. The number of ether oxygens (including phenoxy) is 1. The van der Waals surface area contributed by atoms with E-state index in [0.29, 0.717) is 44.8 Å². The first-order valence-electron chi connectivity index (χ1n) is 17.4. The van der Waals surface area contributed by atoms with Gasteiger partial charge in [-0.05, 0) is 80.8 Å². The van der Waals surface area contributed by atoms with Crippen LogP contribution >= 0.6 is 23.4 Å². The van der Waals surface area contributed by atoms with Gasteiger partial charge in [-0.1, -0.05) is 43.3 Å². The summed E-state index contributed by atoms with van der Waals surface area (Å²) in [5.41, 5.74) is -0.753. The number of nitrogens with zero attached hydrogens (tertiary/aromatic N) is 3. The van der Waals surface area contributed by atoms with Crippen LogP contribution in [0.4, 0.5) is 26.3 Å². The summed E-state index contributed by atoms with van der Waals surface area (Å²) in [6.07, 6.45) is -3.18. The van der Waals surface area contributed by atoms with Gasteiger partial charge in [0.15, 0.2) is 15.0 Å². The molecule has 4 rings (SSSR count). The Morgan fingerprint density at radius 2 is 1.53 bits per heavy atom. The molecule has 1 aromatic heterocycles. The number of hydrogen-bond acceptors (Lipinski definition) is 8. The lowest BCUT2D eigenvalue weighted by Gasteiger charge is -2.31. The van der Waals surface area contributed by atoms with Crippen molar-refractivity contribution in [1.29, 1.82) is 0 Å². The molecule has 0 amide bonds. The number of alkyl halides is 3. The van der Waals surface area contributed by atoms with Gasteiger partial charge in [0.2, 0.25) is 0 Å². The summed E-state index contributed by atoms with van der Waals surface area (Å²) >= 11 is 7.29. The molecule has 0 fully saturated rings. The van der Waals surface area contributed by atoms with E-state index < -0.39 is 66.4 Å². The van der Waals surface area contributed by atoms with E-state index >= 15 is 8.78 Å². The average Bonchev–Trinajstić information content (AvgIpc) is 3.54. The topological polar surface area (TPSA) is 139 Å². The predicted molar refractivity (Wildman–Crippen MR) is 205 cm³/mol. The number of aliphatic carboxylic acids is 2. The maximum absolute atomic E-state index is 15.7. The summed E-state index contributed by atoms with van der Waals surface area (Å²) in [7, 11) is 2.82. The highest BCUT2D eigenvalue weighted by molar-refractivity contribution is 7.98. The van der Waals surface area contributed by atoms with Crippen molar-refractivity contribution in [2.75, 3.05) is 34.8 Å².